The van der Waals surface area contributed by atoms with Crippen molar-refractivity contribution in [2.24, 2.45) is 0 Å². The standard InChI is InChI=1S/C13H14BrNO2S2/c1-3-4-12-9(2)18-13(15-12)19(16,17)11-7-5-10(14)6-8-11/h5-8H,3-4H2,1-2H3. The van der Waals surface area contributed by atoms with Gasteiger partial charge >= 0.3 is 0 Å². The molecular weight excluding hydrogens is 346 g/mol. The molecule has 0 fully saturated rings. The van der Waals surface area contributed by atoms with Gasteiger partial charge in [-0.15, -0.1) is 11.3 Å². The Morgan fingerprint density at radius 3 is 2.47 bits per heavy atom. The summed E-state index contributed by atoms with van der Waals surface area (Å²) in [5.74, 6) is 0. The maximum Gasteiger partial charge on any atom is 0.233 e. The van der Waals surface area contributed by atoms with Crippen LogP contribution in [-0.4, -0.2) is 13.4 Å². The van der Waals surface area contributed by atoms with E-state index in [4.69, 9.17) is 0 Å². The molecule has 0 aliphatic carbocycles. The van der Waals surface area contributed by atoms with E-state index in [1.165, 1.54) is 11.3 Å². The molecule has 2 rings (SSSR count). The molecule has 6 heteroatoms. The summed E-state index contributed by atoms with van der Waals surface area (Å²) < 4.78 is 25.9. The lowest BCUT2D eigenvalue weighted by molar-refractivity contribution is 0.594. The average molecular weight is 360 g/mol. The maximum absolute atomic E-state index is 12.4. The van der Waals surface area contributed by atoms with Crippen LogP contribution >= 0.6 is 27.3 Å². The van der Waals surface area contributed by atoms with Crippen LogP contribution in [0.2, 0.25) is 0 Å². The van der Waals surface area contributed by atoms with Crippen molar-refractivity contribution in [3.05, 3.63) is 39.3 Å². The van der Waals surface area contributed by atoms with Crippen molar-refractivity contribution in [2.45, 2.75) is 35.9 Å². The van der Waals surface area contributed by atoms with Crippen LogP contribution in [0.4, 0.5) is 0 Å². The molecule has 0 spiro atoms. The number of sulfone groups is 1. The van der Waals surface area contributed by atoms with Gasteiger partial charge in [0.25, 0.3) is 0 Å². The van der Waals surface area contributed by atoms with E-state index >= 15 is 0 Å². The molecule has 1 heterocycles. The topological polar surface area (TPSA) is 47.0 Å². The summed E-state index contributed by atoms with van der Waals surface area (Å²) in [5.41, 5.74) is 0.892. The smallest absolute Gasteiger partial charge is 0.230 e. The first-order valence-corrected chi connectivity index (χ1v) is 9.01. The number of nitrogens with zero attached hydrogens (tertiary/aromatic N) is 1. The third-order valence-electron chi connectivity index (χ3n) is 2.71. The van der Waals surface area contributed by atoms with E-state index in [9.17, 15) is 8.42 Å². The second-order valence-corrected chi connectivity index (χ2v) is 8.43. The van der Waals surface area contributed by atoms with Crippen LogP contribution in [0.3, 0.4) is 0 Å². The van der Waals surface area contributed by atoms with Crippen molar-refractivity contribution in [1.29, 1.82) is 0 Å². The quantitative estimate of drug-likeness (QED) is 0.828. The number of halogens is 1. The second kappa shape index (κ2) is 5.73. The van der Waals surface area contributed by atoms with Gasteiger partial charge in [-0.2, -0.15) is 0 Å². The molecule has 0 aliphatic rings. The normalized spacial score (nSPS) is 11.7. The summed E-state index contributed by atoms with van der Waals surface area (Å²) in [6.45, 7) is 3.98. The largest absolute Gasteiger partial charge is 0.233 e. The Bertz CT molecular complexity index is 675. The minimum absolute atomic E-state index is 0.191. The predicted molar refractivity (Wildman–Crippen MR) is 80.4 cm³/mol. The third kappa shape index (κ3) is 3.07. The number of hydrogen-bond donors (Lipinski definition) is 0. The Labute approximate surface area is 125 Å². The average Bonchev–Trinajstić information content (AvgIpc) is 2.73. The zero-order chi connectivity index (χ0) is 14.0. The van der Waals surface area contributed by atoms with E-state index in [0.717, 1.165) is 27.9 Å². The molecule has 2 aromatic rings. The number of aromatic nitrogens is 1. The van der Waals surface area contributed by atoms with Gasteiger partial charge in [0, 0.05) is 9.35 Å². The third-order valence-corrected chi connectivity index (χ3v) is 6.40. The first-order valence-electron chi connectivity index (χ1n) is 5.92. The molecule has 0 unspecified atom stereocenters. The Hall–Kier alpha value is -0.720. The molecular formula is C13H14BrNO2S2. The molecule has 1 aromatic heterocycles. The molecule has 19 heavy (non-hydrogen) atoms. The molecule has 0 aliphatic heterocycles. The van der Waals surface area contributed by atoms with Crippen LogP contribution in [0.5, 0.6) is 0 Å². The second-order valence-electron chi connectivity index (χ2n) is 4.19. The molecule has 102 valence electrons. The lowest BCUT2D eigenvalue weighted by Crippen LogP contribution is -2.01. The summed E-state index contributed by atoms with van der Waals surface area (Å²) in [5, 5.41) is 0. The van der Waals surface area contributed by atoms with Crippen molar-refractivity contribution in [1.82, 2.24) is 4.98 Å². The van der Waals surface area contributed by atoms with Crippen LogP contribution in [0.15, 0.2) is 38.0 Å². The Kier molecular flexibility index (Phi) is 4.43. The summed E-state index contributed by atoms with van der Waals surface area (Å²) in [7, 11) is -3.49. The highest BCUT2D eigenvalue weighted by Crippen LogP contribution is 2.28. The first-order chi connectivity index (χ1) is 8.95. The fourth-order valence-electron chi connectivity index (χ4n) is 1.70. The van der Waals surface area contributed by atoms with Gasteiger partial charge < -0.3 is 0 Å². The van der Waals surface area contributed by atoms with Crippen LogP contribution in [0.25, 0.3) is 0 Å². The van der Waals surface area contributed by atoms with Gasteiger partial charge in [0.15, 0.2) is 0 Å². The van der Waals surface area contributed by atoms with Crippen molar-refractivity contribution in [2.75, 3.05) is 0 Å². The highest BCUT2D eigenvalue weighted by molar-refractivity contribution is 9.10. The molecule has 0 bridgehead atoms. The Morgan fingerprint density at radius 2 is 1.89 bits per heavy atom. The summed E-state index contributed by atoms with van der Waals surface area (Å²) >= 11 is 4.55. The van der Waals surface area contributed by atoms with Gasteiger partial charge in [0.2, 0.25) is 14.2 Å². The molecule has 0 saturated carbocycles. The van der Waals surface area contributed by atoms with Crippen LogP contribution in [0.1, 0.15) is 23.9 Å². The number of hydrogen-bond acceptors (Lipinski definition) is 4. The molecule has 0 radical (unpaired) electrons. The number of rotatable bonds is 4. The lowest BCUT2D eigenvalue weighted by atomic mass is 10.2. The fraction of sp³-hybridized carbons (Fsp3) is 0.308. The number of benzene rings is 1. The van der Waals surface area contributed by atoms with Gasteiger partial charge in [-0.25, -0.2) is 13.4 Å². The van der Waals surface area contributed by atoms with Gasteiger partial charge in [0.1, 0.15) is 0 Å². The molecule has 3 nitrogen and oxygen atoms in total. The summed E-state index contributed by atoms with van der Waals surface area (Å²) in [6, 6.07) is 6.63. The van der Waals surface area contributed by atoms with E-state index in [0.29, 0.717) is 0 Å². The van der Waals surface area contributed by atoms with E-state index in [2.05, 4.69) is 27.8 Å². The number of aryl methyl sites for hydroxylation is 2. The predicted octanol–water partition coefficient (Wildman–Crippen LogP) is 4.00. The Balaban J connectivity index is 2.44. The molecule has 1 aromatic carbocycles. The molecule has 0 saturated heterocycles. The molecule has 0 atom stereocenters. The maximum atomic E-state index is 12.4. The van der Waals surface area contributed by atoms with Crippen molar-refractivity contribution in [3.63, 3.8) is 0 Å². The van der Waals surface area contributed by atoms with E-state index in [1.54, 1.807) is 24.3 Å². The summed E-state index contributed by atoms with van der Waals surface area (Å²) in [4.78, 5) is 5.56. The minimum Gasteiger partial charge on any atom is -0.230 e. The Morgan fingerprint density at radius 1 is 1.26 bits per heavy atom. The molecule has 0 N–H and O–H groups in total. The van der Waals surface area contributed by atoms with Crippen LogP contribution < -0.4 is 0 Å². The SMILES string of the molecule is CCCc1nc(S(=O)(=O)c2ccc(Br)cc2)sc1C. The highest BCUT2D eigenvalue weighted by Gasteiger charge is 2.23. The van der Waals surface area contributed by atoms with Gasteiger partial charge in [-0.05, 0) is 37.6 Å². The van der Waals surface area contributed by atoms with Gasteiger partial charge in [0.05, 0.1) is 10.6 Å². The van der Waals surface area contributed by atoms with Crippen molar-refractivity contribution >= 4 is 37.1 Å². The highest BCUT2D eigenvalue weighted by atomic mass is 79.9. The minimum atomic E-state index is -3.49. The van der Waals surface area contributed by atoms with E-state index < -0.39 is 9.84 Å². The zero-order valence-electron chi connectivity index (χ0n) is 10.7. The van der Waals surface area contributed by atoms with Crippen LogP contribution in [0, 0.1) is 6.92 Å². The molecule has 0 amide bonds. The van der Waals surface area contributed by atoms with Gasteiger partial charge in [-0.3, -0.25) is 0 Å². The number of thiazole rings is 1. The van der Waals surface area contributed by atoms with Crippen LogP contribution in [-0.2, 0) is 16.3 Å². The van der Waals surface area contributed by atoms with E-state index in [-0.39, 0.29) is 9.24 Å². The zero-order valence-corrected chi connectivity index (χ0v) is 13.9. The lowest BCUT2D eigenvalue weighted by Gasteiger charge is -2.00. The van der Waals surface area contributed by atoms with Crippen molar-refractivity contribution < 1.29 is 8.42 Å². The monoisotopic (exact) mass is 359 g/mol. The fourth-order valence-corrected chi connectivity index (χ4v) is 4.68. The first kappa shape index (κ1) is 14.7. The summed E-state index contributed by atoms with van der Waals surface area (Å²) in [6.07, 6.45) is 1.78. The van der Waals surface area contributed by atoms with Gasteiger partial charge in [-0.1, -0.05) is 29.3 Å². The van der Waals surface area contributed by atoms with E-state index in [1.807, 2.05) is 6.92 Å². The van der Waals surface area contributed by atoms with Crippen molar-refractivity contribution in [3.8, 4) is 0 Å².